The normalized spacial score (nSPS) is 12.5. The van der Waals surface area contributed by atoms with Crippen LogP contribution in [0.2, 0.25) is 10.0 Å². The van der Waals surface area contributed by atoms with Gasteiger partial charge >= 0.3 is 0 Å². The van der Waals surface area contributed by atoms with Gasteiger partial charge in [0.05, 0.1) is 5.02 Å². The standard InChI is InChI=1S/C18H16Cl2F2/c1-18(2,13-5-7-14(19)8-6-13)17(22)10-4-12-3-9-16(21)15(20)11-12/h3,5-11H,4H2,1-2H3/b17-10-. The Balaban J connectivity index is 2.19. The summed E-state index contributed by atoms with van der Waals surface area (Å²) in [7, 11) is 0. The van der Waals surface area contributed by atoms with E-state index in [0.717, 1.165) is 11.1 Å². The molecular weight excluding hydrogens is 325 g/mol. The van der Waals surface area contributed by atoms with Gasteiger partial charge in [0, 0.05) is 10.4 Å². The Morgan fingerprint density at radius 1 is 1.09 bits per heavy atom. The molecule has 0 unspecified atom stereocenters. The first kappa shape index (κ1) is 17.0. The van der Waals surface area contributed by atoms with Crippen molar-refractivity contribution in [1.29, 1.82) is 0 Å². The van der Waals surface area contributed by atoms with Crippen molar-refractivity contribution in [3.8, 4) is 0 Å². The van der Waals surface area contributed by atoms with Gasteiger partial charge in [-0.1, -0.05) is 41.4 Å². The summed E-state index contributed by atoms with van der Waals surface area (Å²) in [6, 6.07) is 11.5. The zero-order chi connectivity index (χ0) is 16.3. The van der Waals surface area contributed by atoms with Crippen LogP contribution >= 0.6 is 23.2 Å². The number of hydrogen-bond acceptors (Lipinski definition) is 0. The molecule has 0 amide bonds. The Morgan fingerprint density at radius 2 is 1.73 bits per heavy atom. The van der Waals surface area contributed by atoms with E-state index in [1.807, 2.05) is 12.1 Å². The van der Waals surface area contributed by atoms with Gasteiger partial charge in [0.15, 0.2) is 0 Å². The summed E-state index contributed by atoms with van der Waals surface area (Å²) < 4.78 is 27.7. The van der Waals surface area contributed by atoms with Crippen LogP contribution in [0.4, 0.5) is 8.78 Å². The quantitative estimate of drug-likeness (QED) is 0.595. The van der Waals surface area contributed by atoms with Gasteiger partial charge in [-0.2, -0.15) is 0 Å². The van der Waals surface area contributed by atoms with Crippen molar-refractivity contribution in [2.24, 2.45) is 0 Å². The van der Waals surface area contributed by atoms with Crippen molar-refractivity contribution < 1.29 is 8.78 Å². The number of benzene rings is 2. The number of rotatable bonds is 4. The zero-order valence-corrected chi connectivity index (χ0v) is 13.8. The Hall–Kier alpha value is -1.38. The molecule has 116 valence electrons. The van der Waals surface area contributed by atoms with Crippen LogP contribution in [0.15, 0.2) is 54.4 Å². The lowest BCUT2D eigenvalue weighted by Gasteiger charge is -2.23. The number of hydrogen-bond donors (Lipinski definition) is 0. The Morgan fingerprint density at radius 3 is 2.32 bits per heavy atom. The summed E-state index contributed by atoms with van der Waals surface area (Å²) in [5.41, 5.74) is 0.838. The molecule has 0 saturated carbocycles. The highest BCUT2D eigenvalue weighted by Gasteiger charge is 2.25. The number of halogens is 4. The largest absolute Gasteiger partial charge is 0.211 e. The third-order valence-corrected chi connectivity index (χ3v) is 4.21. The first-order chi connectivity index (χ1) is 10.3. The van der Waals surface area contributed by atoms with Gasteiger partial charge in [0.25, 0.3) is 0 Å². The van der Waals surface area contributed by atoms with Crippen LogP contribution in [0.5, 0.6) is 0 Å². The minimum absolute atomic E-state index is 0.0447. The third-order valence-electron chi connectivity index (χ3n) is 3.66. The average molecular weight is 341 g/mol. The second kappa shape index (κ2) is 6.80. The van der Waals surface area contributed by atoms with Crippen molar-refractivity contribution in [1.82, 2.24) is 0 Å². The zero-order valence-electron chi connectivity index (χ0n) is 12.3. The van der Waals surface area contributed by atoms with Gasteiger partial charge in [-0.05, 0) is 61.7 Å². The molecule has 0 aromatic heterocycles. The average Bonchev–Trinajstić information content (AvgIpc) is 2.48. The van der Waals surface area contributed by atoms with Crippen LogP contribution in [-0.4, -0.2) is 0 Å². The molecule has 0 atom stereocenters. The molecule has 4 heteroatoms. The van der Waals surface area contributed by atoms with E-state index in [-0.39, 0.29) is 10.8 Å². The van der Waals surface area contributed by atoms with Gasteiger partial charge in [0.2, 0.25) is 0 Å². The van der Waals surface area contributed by atoms with Gasteiger partial charge in [-0.15, -0.1) is 0 Å². The molecule has 0 nitrogen and oxygen atoms in total. The fourth-order valence-electron chi connectivity index (χ4n) is 2.13. The summed E-state index contributed by atoms with van der Waals surface area (Å²) >= 11 is 11.6. The molecule has 0 radical (unpaired) electrons. The summed E-state index contributed by atoms with van der Waals surface area (Å²) in [6.07, 6.45) is 1.85. The van der Waals surface area contributed by atoms with Gasteiger partial charge in [-0.25, -0.2) is 8.78 Å². The minimum atomic E-state index is -0.756. The summed E-state index contributed by atoms with van der Waals surface area (Å²) in [6.45, 7) is 3.61. The lowest BCUT2D eigenvalue weighted by atomic mass is 9.83. The molecular formula is C18H16Cl2F2. The molecule has 0 saturated heterocycles. The van der Waals surface area contributed by atoms with E-state index in [9.17, 15) is 8.78 Å². The van der Waals surface area contributed by atoms with Crippen molar-refractivity contribution in [2.45, 2.75) is 25.7 Å². The lowest BCUT2D eigenvalue weighted by Crippen LogP contribution is -2.18. The maximum absolute atomic E-state index is 14.6. The van der Waals surface area contributed by atoms with Crippen LogP contribution in [0.3, 0.4) is 0 Å². The summed E-state index contributed by atoms with van der Waals surface area (Å²) in [5, 5.41) is 0.660. The predicted molar refractivity (Wildman–Crippen MR) is 88.8 cm³/mol. The summed E-state index contributed by atoms with van der Waals surface area (Å²) in [5.74, 6) is -0.730. The molecule has 0 N–H and O–H groups in total. The minimum Gasteiger partial charge on any atom is -0.211 e. The second-order valence-corrected chi connectivity index (χ2v) is 6.48. The van der Waals surface area contributed by atoms with Crippen LogP contribution in [-0.2, 0) is 11.8 Å². The molecule has 2 aromatic rings. The van der Waals surface area contributed by atoms with Crippen LogP contribution in [0.25, 0.3) is 0 Å². The van der Waals surface area contributed by atoms with Gasteiger partial charge in [-0.3, -0.25) is 0 Å². The van der Waals surface area contributed by atoms with E-state index < -0.39 is 11.2 Å². The van der Waals surface area contributed by atoms with Crippen molar-refractivity contribution in [3.05, 3.63) is 81.4 Å². The van der Waals surface area contributed by atoms with E-state index >= 15 is 0 Å². The first-order valence-corrected chi connectivity index (χ1v) is 7.62. The monoisotopic (exact) mass is 340 g/mol. The van der Waals surface area contributed by atoms with E-state index in [1.165, 1.54) is 18.2 Å². The highest BCUT2D eigenvalue weighted by molar-refractivity contribution is 6.31. The summed E-state index contributed by atoms with van der Waals surface area (Å²) in [4.78, 5) is 0. The van der Waals surface area contributed by atoms with Gasteiger partial charge in [0.1, 0.15) is 11.6 Å². The van der Waals surface area contributed by atoms with E-state index in [0.29, 0.717) is 11.4 Å². The highest BCUT2D eigenvalue weighted by Crippen LogP contribution is 2.33. The predicted octanol–water partition coefficient (Wildman–Crippen LogP) is 6.51. The SMILES string of the molecule is CC(C)(/C(F)=C/Cc1ccc(F)c(Cl)c1)c1ccc(Cl)cc1. The Bertz CT molecular complexity index is 689. The molecule has 0 bridgehead atoms. The topological polar surface area (TPSA) is 0 Å². The molecule has 2 rings (SSSR count). The van der Waals surface area contributed by atoms with Crippen LogP contribution < -0.4 is 0 Å². The fraction of sp³-hybridized carbons (Fsp3) is 0.222. The van der Waals surface area contributed by atoms with Gasteiger partial charge < -0.3 is 0 Å². The van der Waals surface area contributed by atoms with Crippen LogP contribution in [0, 0.1) is 5.82 Å². The van der Waals surface area contributed by atoms with Crippen LogP contribution in [0.1, 0.15) is 25.0 Å². The van der Waals surface area contributed by atoms with E-state index in [4.69, 9.17) is 23.2 Å². The second-order valence-electron chi connectivity index (χ2n) is 5.64. The molecule has 0 heterocycles. The fourth-order valence-corrected chi connectivity index (χ4v) is 2.46. The van der Waals surface area contributed by atoms with Crippen molar-refractivity contribution in [3.63, 3.8) is 0 Å². The van der Waals surface area contributed by atoms with Crippen molar-refractivity contribution in [2.75, 3.05) is 0 Å². The van der Waals surface area contributed by atoms with E-state index in [1.54, 1.807) is 32.0 Å². The molecule has 0 aliphatic carbocycles. The molecule has 0 fully saturated rings. The molecule has 2 aromatic carbocycles. The third kappa shape index (κ3) is 3.88. The molecule has 0 aliphatic heterocycles. The Labute approximate surface area is 139 Å². The lowest BCUT2D eigenvalue weighted by molar-refractivity contribution is 0.455. The van der Waals surface area contributed by atoms with Crippen molar-refractivity contribution >= 4 is 23.2 Å². The highest BCUT2D eigenvalue weighted by atomic mass is 35.5. The Kier molecular flexibility index (Phi) is 5.25. The molecule has 0 spiro atoms. The maximum Gasteiger partial charge on any atom is 0.141 e. The smallest absolute Gasteiger partial charge is 0.141 e. The molecule has 0 aliphatic rings. The number of allylic oxidation sites excluding steroid dienone is 2. The molecule has 22 heavy (non-hydrogen) atoms. The maximum atomic E-state index is 14.6. The van der Waals surface area contributed by atoms with E-state index in [2.05, 4.69) is 0 Å². The first-order valence-electron chi connectivity index (χ1n) is 6.87.